The standard InChI is InChI=1S/C31H32N2O4/c1-35-24-10-12-26-22(18-24)20-33-28-19-25(36-2)11-13-27(28)29(30(26)33)31(34)21-6-8-23(9-7-21)37-17-16-32-14-4-3-5-15-32/h6-13,18-19H,3-5,14-17,20H2,1-2H3. The molecule has 0 bridgehead atoms. The molecule has 6 nitrogen and oxygen atoms in total. The first-order valence-corrected chi connectivity index (χ1v) is 13.0. The second kappa shape index (κ2) is 9.94. The fourth-order valence-electron chi connectivity index (χ4n) is 5.68. The average molecular weight is 497 g/mol. The van der Waals surface area contributed by atoms with E-state index in [1.165, 1.54) is 19.3 Å². The quantitative estimate of drug-likeness (QED) is 0.255. The van der Waals surface area contributed by atoms with Crippen LogP contribution in [0.3, 0.4) is 0 Å². The minimum Gasteiger partial charge on any atom is -0.497 e. The maximum atomic E-state index is 14.0. The Hall–Kier alpha value is -3.77. The number of hydrogen-bond donors (Lipinski definition) is 0. The summed E-state index contributed by atoms with van der Waals surface area (Å²) < 4.78 is 19.2. The molecule has 190 valence electrons. The summed E-state index contributed by atoms with van der Waals surface area (Å²) in [6.45, 7) is 4.61. The highest BCUT2D eigenvalue weighted by Crippen LogP contribution is 2.43. The molecule has 3 heterocycles. The zero-order valence-corrected chi connectivity index (χ0v) is 21.5. The van der Waals surface area contributed by atoms with E-state index in [0.717, 1.165) is 70.2 Å². The van der Waals surface area contributed by atoms with Crippen molar-refractivity contribution in [3.05, 3.63) is 77.4 Å². The number of aromatic nitrogens is 1. The van der Waals surface area contributed by atoms with Gasteiger partial charge in [-0.3, -0.25) is 9.69 Å². The Morgan fingerprint density at radius 2 is 1.54 bits per heavy atom. The molecule has 0 unspecified atom stereocenters. The maximum Gasteiger partial charge on any atom is 0.195 e. The van der Waals surface area contributed by atoms with Crippen LogP contribution in [0.5, 0.6) is 17.2 Å². The molecule has 0 aliphatic carbocycles. The Balaban J connectivity index is 1.30. The average Bonchev–Trinajstić information content (AvgIpc) is 3.47. The highest BCUT2D eigenvalue weighted by atomic mass is 16.5. The molecule has 1 saturated heterocycles. The molecule has 1 aromatic heterocycles. The van der Waals surface area contributed by atoms with Crippen LogP contribution >= 0.6 is 0 Å². The predicted octanol–water partition coefficient (Wildman–Crippen LogP) is 5.78. The van der Waals surface area contributed by atoms with Gasteiger partial charge in [0.25, 0.3) is 0 Å². The Bertz CT molecular complexity index is 1450. The summed E-state index contributed by atoms with van der Waals surface area (Å²) in [6, 6.07) is 19.6. The van der Waals surface area contributed by atoms with Crippen molar-refractivity contribution >= 4 is 16.7 Å². The van der Waals surface area contributed by atoms with Gasteiger partial charge in [-0.25, -0.2) is 0 Å². The number of nitrogens with zero attached hydrogens (tertiary/aromatic N) is 2. The molecule has 0 amide bonds. The second-order valence-corrected chi connectivity index (χ2v) is 9.82. The second-order valence-electron chi connectivity index (χ2n) is 9.82. The molecule has 0 N–H and O–H groups in total. The zero-order valence-electron chi connectivity index (χ0n) is 21.5. The predicted molar refractivity (Wildman–Crippen MR) is 145 cm³/mol. The summed E-state index contributed by atoms with van der Waals surface area (Å²) in [5, 5.41) is 0.934. The van der Waals surface area contributed by atoms with Crippen LogP contribution in [-0.2, 0) is 6.54 Å². The third-order valence-corrected chi connectivity index (χ3v) is 7.64. The molecule has 37 heavy (non-hydrogen) atoms. The number of ether oxygens (including phenoxy) is 3. The molecule has 1 fully saturated rings. The number of benzene rings is 3. The number of likely N-dealkylation sites (tertiary alicyclic amines) is 1. The van der Waals surface area contributed by atoms with E-state index >= 15 is 0 Å². The van der Waals surface area contributed by atoms with Crippen molar-refractivity contribution in [2.24, 2.45) is 0 Å². The van der Waals surface area contributed by atoms with Crippen molar-refractivity contribution in [1.82, 2.24) is 9.47 Å². The summed E-state index contributed by atoms with van der Waals surface area (Å²) in [5.41, 5.74) is 5.53. The third kappa shape index (κ3) is 4.36. The van der Waals surface area contributed by atoms with E-state index in [9.17, 15) is 4.79 Å². The van der Waals surface area contributed by atoms with Crippen molar-refractivity contribution in [1.29, 1.82) is 0 Å². The molecule has 2 aliphatic rings. The zero-order chi connectivity index (χ0) is 25.4. The first kappa shape index (κ1) is 23.6. The molecule has 0 atom stereocenters. The first-order valence-electron chi connectivity index (χ1n) is 13.0. The summed E-state index contributed by atoms with van der Waals surface area (Å²) in [7, 11) is 3.34. The van der Waals surface area contributed by atoms with Crippen molar-refractivity contribution in [2.45, 2.75) is 25.8 Å². The van der Waals surface area contributed by atoms with Gasteiger partial charge in [0.2, 0.25) is 0 Å². The Morgan fingerprint density at radius 3 is 2.30 bits per heavy atom. The fourth-order valence-corrected chi connectivity index (χ4v) is 5.68. The molecule has 3 aromatic carbocycles. The molecule has 2 aliphatic heterocycles. The number of carbonyl (C=O) groups excluding carboxylic acids is 1. The fraction of sp³-hybridized carbons (Fsp3) is 0.323. The lowest BCUT2D eigenvalue weighted by atomic mass is 9.96. The number of carbonyl (C=O) groups is 1. The van der Waals surface area contributed by atoms with E-state index in [2.05, 4.69) is 21.6 Å². The lowest BCUT2D eigenvalue weighted by Crippen LogP contribution is -2.33. The van der Waals surface area contributed by atoms with E-state index in [4.69, 9.17) is 14.2 Å². The lowest BCUT2D eigenvalue weighted by molar-refractivity contribution is 0.104. The van der Waals surface area contributed by atoms with E-state index in [0.29, 0.717) is 18.7 Å². The van der Waals surface area contributed by atoms with E-state index in [1.54, 1.807) is 14.2 Å². The van der Waals surface area contributed by atoms with Gasteiger partial charge in [0.05, 0.1) is 31.0 Å². The molecule has 6 rings (SSSR count). The van der Waals surface area contributed by atoms with Crippen LogP contribution in [0.4, 0.5) is 0 Å². The van der Waals surface area contributed by atoms with Crippen molar-refractivity contribution < 1.29 is 19.0 Å². The topological polar surface area (TPSA) is 52.9 Å². The number of fused-ring (bicyclic) bond motifs is 5. The van der Waals surface area contributed by atoms with Crippen LogP contribution in [0.15, 0.2) is 60.7 Å². The van der Waals surface area contributed by atoms with Gasteiger partial charge in [0, 0.05) is 35.7 Å². The Morgan fingerprint density at radius 1 is 0.838 bits per heavy atom. The maximum absolute atomic E-state index is 14.0. The SMILES string of the molecule is COc1ccc2c(c1)Cn1c-2c(C(=O)c2ccc(OCCN3CCCCC3)cc2)c2ccc(OC)cc21. The Kier molecular flexibility index (Phi) is 6.35. The van der Waals surface area contributed by atoms with Crippen LogP contribution in [0.25, 0.3) is 22.2 Å². The molecule has 4 aromatic rings. The molecule has 0 radical (unpaired) electrons. The van der Waals surface area contributed by atoms with Crippen molar-refractivity contribution in [2.75, 3.05) is 40.5 Å². The van der Waals surface area contributed by atoms with E-state index in [-0.39, 0.29) is 5.78 Å². The summed E-state index contributed by atoms with van der Waals surface area (Å²) >= 11 is 0. The number of ketones is 1. The van der Waals surface area contributed by atoms with E-state index < -0.39 is 0 Å². The van der Waals surface area contributed by atoms with Crippen LogP contribution < -0.4 is 14.2 Å². The molecule has 0 spiro atoms. The van der Waals surface area contributed by atoms with Gasteiger partial charge >= 0.3 is 0 Å². The summed E-state index contributed by atoms with van der Waals surface area (Å²) in [4.78, 5) is 16.4. The van der Waals surface area contributed by atoms with Gasteiger partial charge in [-0.15, -0.1) is 0 Å². The number of rotatable bonds is 8. The Labute approximate surface area is 217 Å². The molecular weight excluding hydrogens is 464 g/mol. The van der Waals surface area contributed by atoms with Crippen LogP contribution in [0.1, 0.15) is 40.7 Å². The van der Waals surface area contributed by atoms with Crippen molar-refractivity contribution in [3.63, 3.8) is 0 Å². The van der Waals surface area contributed by atoms with Crippen LogP contribution in [0.2, 0.25) is 0 Å². The summed E-state index contributed by atoms with van der Waals surface area (Å²) in [6.07, 6.45) is 3.89. The highest BCUT2D eigenvalue weighted by molar-refractivity contribution is 6.21. The van der Waals surface area contributed by atoms with Crippen LogP contribution in [-0.4, -0.2) is 55.7 Å². The van der Waals surface area contributed by atoms with Gasteiger partial charge in [-0.1, -0.05) is 6.42 Å². The minimum atomic E-state index is 0.00690. The third-order valence-electron chi connectivity index (χ3n) is 7.64. The molecule has 6 heteroatoms. The monoisotopic (exact) mass is 496 g/mol. The largest absolute Gasteiger partial charge is 0.497 e. The number of hydrogen-bond acceptors (Lipinski definition) is 5. The van der Waals surface area contributed by atoms with E-state index in [1.807, 2.05) is 48.5 Å². The minimum absolute atomic E-state index is 0.00690. The number of methoxy groups -OCH3 is 2. The van der Waals surface area contributed by atoms with Gasteiger partial charge in [-0.2, -0.15) is 0 Å². The molecular formula is C31H32N2O4. The van der Waals surface area contributed by atoms with Gasteiger partial charge < -0.3 is 18.8 Å². The number of piperidine rings is 1. The smallest absolute Gasteiger partial charge is 0.195 e. The molecule has 0 saturated carbocycles. The lowest BCUT2D eigenvalue weighted by Gasteiger charge is -2.26. The van der Waals surface area contributed by atoms with Gasteiger partial charge in [0.15, 0.2) is 5.78 Å². The first-order chi connectivity index (χ1) is 18.2. The highest BCUT2D eigenvalue weighted by Gasteiger charge is 2.30. The van der Waals surface area contributed by atoms with Crippen molar-refractivity contribution in [3.8, 4) is 28.5 Å². The summed E-state index contributed by atoms with van der Waals surface area (Å²) in [5.74, 6) is 2.39. The van der Waals surface area contributed by atoms with Gasteiger partial charge in [-0.05, 0) is 86.1 Å². The normalized spacial score (nSPS) is 14.9. The van der Waals surface area contributed by atoms with Crippen LogP contribution in [0, 0.1) is 0 Å². The van der Waals surface area contributed by atoms with Gasteiger partial charge in [0.1, 0.15) is 23.9 Å².